The molecule has 31 heavy (non-hydrogen) atoms. The molecular formula is C25H27BrFNO3. The molecule has 0 aliphatic heterocycles. The van der Waals surface area contributed by atoms with Gasteiger partial charge in [-0.3, -0.25) is 0 Å². The quantitative estimate of drug-likeness (QED) is 0.341. The van der Waals surface area contributed by atoms with E-state index in [2.05, 4.69) is 27.3 Å². The fourth-order valence-corrected chi connectivity index (χ4v) is 3.83. The number of nitrogens with one attached hydrogen (secondary N) is 1. The Labute approximate surface area is 191 Å². The first-order valence-electron chi connectivity index (χ1n) is 10.3. The van der Waals surface area contributed by atoms with E-state index in [1.165, 1.54) is 17.7 Å². The Morgan fingerprint density at radius 1 is 0.935 bits per heavy atom. The zero-order valence-corrected chi connectivity index (χ0v) is 19.4. The summed E-state index contributed by atoms with van der Waals surface area (Å²) in [5.74, 6) is 1.97. The van der Waals surface area contributed by atoms with Crippen LogP contribution in [0, 0.1) is 5.82 Å². The van der Waals surface area contributed by atoms with Crippen LogP contribution >= 0.6 is 15.9 Å². The highest BCUT2D eigenvalue weighted by Crippen LogP contribution is 2.37. The summed E-state index contributed by atoms with van der Waals surface area (Å²) in [5.41, 5.74) is 3.15. The lowest BCUT2D eigenvalue weighted by Crippen LogP contribution is -2.17. The Morgan fingerprint density at radius 3 is 2.45 bits per heavy atom. The third-order valence-electron chi connectivity index (χ3n) is 4.76. The van der Waals surface area contributed by atoms with Gasteiger partial charge in [0.25, 0.3) is 0 Å². The minimum atomic E-state index is -0.262. The van der Waals surface area contributed by atoms with Crippen molar-refractivity contribution in [1.29, 1.82) is 0 Å². The summed E-state index contributed by atoms with van der Waals surface area (Å²) in [6.45, 7) is 4.33. The fourth-order valence-electron chi connectivity index (χ4n) is 3.23. The van der Waals surface area contributed by atoms with Crippen LogP contribution in [0.2, 0.25) is 0 Å². The molecular weight excluding hydrogens is 461 g/mol. The molecule has 3 aromatic rings. The zero-order valence-electron chi connectivity index (χ0n) is 17.8. The van der Waals surface area contributed by atoms with Gasteiger partial charge in [0.05, 0.1) is 18.2 Å². The molecule has 0 aliphatic carbocycles. The molecule has 0 aromatic heterocycles. The van der Waals surface area contributed by atoms with Gasteiger partial charge in [0.15, 0.2) is 11.5 Å². The van der Waals surface area contributed by atoms with Crippen LogP contribution in [0.3, 0.4) is 0 Å². The molecule has 0 fully saturated rings. The topological polar surface area (TPSA) is 39.7 Å². The van der Waals surface area contributed by atoms with Crippen LogP contribution in [-0.2, 0) is 19.6 Å². The minimum absolute atomic E-state index is 0.262. The Kier molecular flexibility index (Phi) is 8.74. The van der Waals surface area contributed by atoms with E-state index in [1.54, 1.807) is 19.2 Å². The van der Waals surface area contributed by atoms with Crippen LogP contribution < -0.4 is 19.5 Å². The summed E-state index contributed by atoms with van der Waals surface area (Å²) in [7, 11) is 1.69. The van der Waals surface area contributed by atoms with Crippen molar-refractivity contribution in [1.82, 2.24) is 5.32 Å². The van der Waals surface area contributed by atoms with Crippen molar-refractivity contribution in [3.05, 3.63) is 87.6 Å². The van der Waals surface area contributed by atoms with Crippen molar-refractivity contribution in [3.8, 4) is 17.2 Å². The largest absolute Gasteiger partial charge is 0.496 e. The third kappa shape index (κ3) is 6.71. The van der Waals surface area contributed by atoms with Gasteiger partial charge in [-0.15, -0.1) is 0 Å². The lowest BCUT2D eigenvalue weighted by Gasteiger charge is -2.16. The Hall–Kier alpha value is -2.57. The third-order valence-corrected chi connectivity index (χ3v) is 5.35. The van der Waals surface area contributed by atoms with Gasteiger partial charge in [0.1, 0.15) is 18.2 Å². The van der Waals surface area contributed by atoms with Gasteiger partial charge >= 0.3 is 0 Å². The van der Waals surface area contributed by atoms with Crippen molar-refractivity contribution in [2.75, 3.05) is 20.3 Å². The van der Waals surface area contributed by atoms with E-state index in [-0.39, 0.29) is 5.82 Å². The van der Waals surface area contributed by atoms with Crippen LogP contribution in [0.5, 0.6) is 17.2 Å². The van der Waals surface area contributed by atoms with E-state index < -0.39 is 0 Å². The van der Waals surface area contributed by atoms with Gasteiger partial charge in [0.2, 0.25) is 0 Å². The summed E-state index contributed by atoms with van der Waals surface area (Å²) in [6.07, 6.45) is 0.877. The number of hydrogen-bond acceptors (Lipinski definition) is 4. The van der Waals surface area contributed by atoms with Crippen molar-refractivity contribution in [3.63, 3.8) is 0 Å². The van der Waals surface area contributed by atoms with E-state index in [1.807, 2.05) is 37.3 Å². The molecule has 0 unspecified atom stereocenters. The highest BCUT2D eigenvalue weighted by atomic mass is 79.9. The second-order valence-electron chi connectivity index (χ2n) is 6.99. The first kappa shape index (κ1) is 23.1. The van der Waals surface area contributed by atoms with Crippen molar-refractivity contribution >= 4 is 15.9 Å². The average molecular weight is 488 g/mol. The summed E-state index contributed by atoms with van der Waals surface area (Å²) < 4.78 is 31.1. The summed E-state index contributed by atoms with van der Waals surface area (Å²) in [4.78, 5) is 0. The first-order valence-corrected chi connectivity index (χ1v) is 11.0. The molecule has 0 radical (unpaired) electrons. The van der Waals surface area contributed by atoms with Crippen LogP contribution in [0.15, 0.2) is 65.1 Å². The van der Waals surface area contributed by atoms with Gasteiger partial charge in [0, 0.05) is 6.54 Å². The maximum atomic E-state index is 13.1. The second kappa shape index (κ2) is 11.7. The molecule has 0 amide bonds. The van der Waals surface area contributed by atoms with Gasteiger partial charge < -0.3 is 19.5 Å². The second-order valence-corrected chi connectivity index (χ2v) is 7.85. The van der Waals surface area contributed by atoms with Crippen LogP contribution in [0.25, 0.3) is 0 Å². The van der Waals surface area contributed by atoms with Gasteiger partial charge in [-0.1, -0.05) is 30.3 Å². The molecule has 3 rings (SSSR count). The Balaban J connectivity index is 1.61. The molecule has 4 nitrogen and oxygen atoms in total. The average Bonchev–Trinajstić information content (AvgIpc) is 2.78. The van der Waals surface area contributed by atoms with Crippen LogP contribution in [0.1, 0.15) is 23.6 Å². The summed E-state index contributed by atoms with van der Waals surface area (Å²) in [6, 6.07) is 18.4. The first-order chi connectivity index (χ1) is 15.1. The molecule has 3 aromatic carbocycles. The van der Waals surface area contributed by atoms with Gasteiger partial charge in [-0.05, 0) is 82.8 Å². The molecule has 0 bridgehead atoms. The zero-order chi connectivity index (χ0) is 22.1. The monoisotopic (exact) mass is 487 g/mol. The van der Waals surface area contributed by atoms with Gasteiger partial charge in [-0.25, -0.2) is 4.39 Å². The highest BCUT2D eigenvalue weighted by molar-refractivity contribution is 9.10. The molecule has 0 heterocycles. The molecule has 1 N–H and O–H groups in total. The van der Waals surface area contributed by atoms with E-state index in [0.717, 1.165) is 34.3 Å². The van der Waals surface area contributed by atoms with Crippen molar-refractivity contribution < 1.29 is 18.6 Å². The number of ether oxygens (including phenoxy) is 3. The minimum Gasteiger partial charge on any atom is -0.496 e. The molecule has 0 saturated carbocycles. The number of halogens is 2. The summed E-state index contributed by atoms with van der Waals surface area (Å²) >= 11 is 3.61. The maximum Gasteiger partial charge on any atom is 0.175 e. The van der Waals surface area contributed by atoms with Gasteiger partial charge in [-0.2, -0.15) is 0 Å². The normalized spacial score (nSPS) is 10.7. The summed E-state index contributed by atoms with van der Waals surface area (Å²) in [5, 5.41) is 3.47. The number of para-hydroxylation sites is 1. The van der Waals surface area contributed by atoms with E-state index in [4.69, 9.17) is 14.2 Å². The molecule has 6 heteroatoms. The smallest absolute Gasteiger partial charge is 0.175 e. The number of hydrogen-bond donors (Lipinski definition) is 1. The maximum absolute atomic E-state index is 13.1. The fraction of sp³-hybridized carbons (Fsp3) is 0.280. The standard InChI is InChI=1S/C25H27BrFNO3/c1-3-30-24-15-19(16-28-13-12-20-6-4-5-7-23(20)29-2)14-22(26)25(24)31-17-18-8-10-21(27)11-9-18/h4-11,14-15,28H,3,12-13,16-17H2,1-2H3. The SMILES string of the molecule is CCOc1cc(CNCCc2ccccc2OC)cc(Br)c1OCc1ccc(F)cc1. The number of benzene rings is 3. The van der Waals surface area contributed by atoms with E-state index >= 15 is 0 Å². The number of methoxy groups -OCH3 is 1. The van der Waals surface area contributed by atoms with Crippen LogP contribution in [-0.4, -0.2) is 20.3 Å². The number of rotatable bonds is 11. The van der Waals surface area contributed by atoms with Crippen molar-refractivity contribution in [2.24, 2.45) is 0 Å². The molecule has 0 aliphatic rings. The Morgan fingerprint density at radius 2 is 1.71 bits per heavy atom. The molecule has 0 spiro atoms. The van der Waals surface area contributed by atoms with Crippen LogP contribution in [0.4, 0.5) is 4.39 Å². The molecule has 0 saturated heterocycles. The highest BCUT2D eigenvalue weighted by Gasteiger charge is 2.13. The molecule has 0 atom stereocenters. The lowest BCUT2D eigenvalue weighted by molar-refractivity contribution is 0.267. The lowest BCUT2D eigenvalue weighted by atomic mass is 10.1. The molecule has 164 valence electrons. The predicted octanol–water partition coefficient (Wildman–Crippen LogP) is 5.91. The van der Waals surface area contributed by atoms with E-state index in [9.17, 15) is 4.39 Å². The predicted molar refractivity (Wildman–Crippen MR) is 124 cm³/mol. The van der Waals surface area contributed by atoms with Crippen molar-refractivity contribution in [2.45, 2.75) is 26.5 Å². The Bertz CT molecular complexity index is 979. The van der Waals surface area contributed by atoms with E-state index in [0.29, 0.717) is 31.3 Å².